The predicted octanol–water partition coefficient (Wildman–Crippen LogP) is 3.03. The largest absolute Gasteiger partial charge is 0.423 e. The van der Waals surface area contributed by atoms with Crippen LogP contribution < -0.4 is 10.2 Å². The van der Waals surface area contributed by atoms with E-state index in [0.717, 1.165) is 60.6 Å². The van der Waals surface area contributed by atoms with Gasteiger partial charge in [-0.3, -0.25) is 4.79 Å². The number of para-hydroxylation sites is 2. The van der Waals surface area contributed by atoms with Crippen LogP contribution in [0.4, 0.5) is 6.01 Å². The predicted molar refractivity (Wildman–Crippen MR) is 101 cm³/mol. The van der Waals surface area contributed by atoms with Gasteiger partial charge in [-0.2, -0.15) is 4.98 Å². The van der Waals surface area contributed by atoms with E-state index in [0.29, 0.717) is 17.4 Å². The molecule has 1 atom stereocenters. The maximum atomic E-state index is 12.5. The third-order valence-electron chi connectivity index (χ3n) is 4.65. The molecular weight excluding hydrogens is 350 g/mol. The molecule has 0 radical (unpaired) electrons. The molecule has 1 aromatic carbocycles. The highest BCUT2D eigenvalue weighted by molar-refractivity contribution is 7.08. The van der Waals surface area contributed by atoms with Gasteiger partial charge in [-0.15, -0.1) is 5.10 Å². The second-order valence-corrected chi connectivity index (χ2v) is 7.22. The van der Waals surface area contributed by atoms with Gasteiger partial charge >= 0.3 is 0 Å². The minimum Gasteiger partial charge on any atom is -0.423 e. The van der Waals surface area contributed by atoms with Crippen molar-refractivity contribution in [2.45, 2.75) is 38.6 Å². The molecule has 1 unspecified atom stereocenters. The van der Waals surface area contributed by atoms with Crippen molar-refractivity contribution in [3.8, 4) is 0 Å². The number of oxazole rings is 1. The van der Waals surface area contributed by atoms with Crippen LogP contribution in [0, 0.1) is 0 Å². The zero-order chi connectivity index (χ0) is 17.9. The Hall–Kier alpha value is -2.48. The summed E-state index contributed by atoms with van der Waals surface area (Å²) < 4.78 is 9.82. The van der Waals surface area contributed by atoms with Gasteiger partial charge in [0.15, 0.2) is 5.58 Å². The quantitative estimate of drug-likeness (QED) is 0.717. The lowest BCUT2D eigenvalue weighted by atomic mass is 10.2. The van der Waals surface area contributed by atoms with Gasteiger partial charge in [0.2, 0.25) is 0 Å². The van der Waals surface area contributed by atoms with Crippen molar-refractivity contribution >= 4 is 34.6 Å². The number of carbonyl (C=O) groups is 1. The molecule has 1 saturated heterocycles. The fourth-order valence-electron chi connectivity index (χ4n) is 3.35. The Morgan fingerprint density at radius 1 is 1.42 bits per heavy atom. The summed E-state index contributed by atoms with van der Waals surface area (Å²) in [6.45, 7) is 3.51. The molecule has 0 aliphatic carbocycles. The first kappa shape index (κ1) is 17.0. The molecule has 1 fully saturated rings. The fraction of sp³-hybridized carbons (Fsp3) is 0.444. The average molecular weight is 371 g/mol. The molecule has 0 spiro atoms. The Bertz CT molecular complexity index is 873. The number of aromatic nitrogens is 3. The van der Waals surface area contributed by atoms with E-state index in [1.807, 2.05) is 24.3 Å². The number of nitrogens with one attached hydrogen (secondary N) is 1. The Kier molecular flexibility index (Phi) is 4.83. The van der Waals surface area contributed by atoms with Crippen LogP contribution in [0.25, 0.3) is 11.1 Å². The smallest absolute Gasteiger partial charge is 0.298 e. The van der Waals surface area contributed by atoms with E-state index < -0.39 is 0 Å². The van der Waals surface area contributed by atoms with Gasteiger partial charge < -0.3 is 14.6 Å². The topological polar surface area (TPSA) is 84.2 Å². The van der Waals surface area contributed by atoms with Gasteiger partial charge in [0.05, 0.1) is 11.7 Å². The molecule has 1 aliphatic rings. The first-order chi connectivity index (χ1) is 12.8. The second-order valence-electron chi connectivity index (χ2n) is 6.46. The molecule has 3 aromatic rings. The summed E-state index contributed by atoms with van der Waals surface area (Å²) >= 11 is 1.16. The van der Waals surface area contributed by atoms with Crippen LogP contribution >= 0.6 is 11.5 Å². The van der Waals surface area contributed by atoms with Crippen molar-refractivity contribution in [3.05, 3.63) is 34.8 Å². The van der Waals surface area contributed by atoms with Gasteiger partial charge in [0.25, 0.3) is 11.9 Å². The van der Waals surface area contributed by atoms with Gasteiger partial charge in [0, 0.05) is 13.1 Å². The lowest BCUT2D eigenvalue weighted by Crippen LogP contribution is -2.40. The van der Waals surface area contributed by atoms with E-state index in [1.54, 1.807) is 0 Å². The second kappa shape index (κ2) is 7.41. The number of benzene rings is 1. The molecular formula is C18H21N5O2S. The highest BCUT2D eigenvalue weighted by Crippen LogP contribution is 2.28. The standard InChI is InChI=1S/C18H21N5O2S/c1-2-6-14-16(26-22-21-14)17(24)19-11-12-7-5-10-23(12)18-20-13-8-3-4-9-15(13)25-18/h3-4,8-9,12H,2,5-7,10-11H2,1H3,(H,19,24). The number of hydrogen-bond donors (Lipinski definition) is 1. The normalized spacial score (nSPS) is 17.1. The third kappa shape index (κ3) is 3.29. The summed E-state index contributed by atoms with van der Waals surface area (Å²) in [4.78, 5) is 19.9. The Balaban J connectivity index is 1.44. The summed E-state index contributed by atoms with van der Waals surface area (Å²) in [5.41, 5.74) is 2.44. The van der Waals surface area contributed by atoms with Crippen molar-refractivity contribution < 1.29 is 9.21 Å². The van der Waals surface area contributed by atoms with E-state index in [1.165, 1.54) is 0 Å². The van der Waals surface area contributed by atoms with Crippen LogP contribution in [0.15, 0.2) is 28.7 Å². The molecule has 8 heteroatoms. The highest BCUT2D eigenvalue weighted by Gasteiger charge is 2.29. The number of aryl methyl sites for hydroxylation is 1. The molecule has 2 aromatic heterocycles. The summed E-state index contributed by atoms with van der Waals surface area (Å²) in [6, 6.07) is 8.58. The molecule has 7 nitrogen and oxygen atoms in total. The molecule has 0 saturated carbocycles. The zero-order valence-corrected chi connectivity index (χ0v) is 15.5. The lowest BCUT2D eigenvalue weighted by Gasteiger charge is -2.22. The van der Waals surface area contributed by atoms with Gasteiger partial charge in [-0.25, -0.2) is 0 Å². The van der Waals surface area contributed by atoms with Crippen molar-refractivity contribution in [1.82, 2.24) is 19.9 Å². The van der Waals surface area contributed by atoms with Crippen molar-refractivity contribution in [2.24, 2.45) is 0 Å². The number of anilines is 1. The SMILES string of the molecule is CCCc1nnsc1C(=O)NCC1CCCN1c1nc2ccccc2o1. The third-order valence-corrected chi connectivity index (χ3v) is 5.42. The highest BCUT2D eigenvalue weighted by atomic mass is 32.1. The zero-order valence-electron chi connectivity index (χ0n) is 14.6. The minimum atomic E-state index is -0.0899. The van der Waals surface area contributed by atoms with Crippen molar-refractivity contribution in [3.63, 3.8) is 0 Å². The van der Waals surface area contributed by atoms with Crippen LogP contribution in [0.5, 0.6) is 0 Å². The van der Waals surface area contributed by atoms with Crippen molar-refractivity contribution in [2.75, 3.05) is 18.0 Å². The lowest BCUT2D eigenvalue weighted by molar-refractivity contribution is 0.0954. The maximum Gasteiger partial charge on any atom is 0.298 e. The van der Waals surface area contributed by atoms with Crippen LogP contribution in [0.2, 0.25) is 0 Å². The number of nitrogens with zero attached hydrogens (tertiary/aromatic N) is 4. The number of carbonyl (C=O) groups excluding carboxylic acids is 1. The van der Waals surface area contributed by atoms with E-state index in [2.05, 4.69) is 31.7 Å². The molecule has 3 heterocycles. The van der Waals surface area contributed by atoms with E-state index >= 15 is 0 Å². The summed E-state index contributed by atoms with van der Waals surface area (Å²) in [6.07, 6.45) is 3.78. The minimum absolute atomic E-state index is 0.0899. The summed E-state index contributed by atoms with van der Waals surface area (Å²) in [7, 11) is 0. The average Bonchev–Trinajstić information content (AvgIpc) is 3.38. The first-order valence-corrected chi connectivity index (χ1v) is 9.75. The van der Waals surface area contributed by atoms with Crippen LogP contribution in [0.3, 0.4) is 0 Å². The summed E-state index contributed by atoms with van der Waals surface area (Å²) in [5, 5.41) is 7.11. The number of hydrogen-bond acceptors (Lipinski definition) is 7. The van der Waals surface area contributed by atoms with Gasteiger partial charge in [-0.1, -0.05) is 30.0 Å². The Morgan fingerprint density at radius 2 is 2.31 bits per heavy atom. The van der Waals surface area contributed by atoms with E-state index in [4.69, 9.17) is 4.42 Å². The summed E-state index contributed by atoms with van der Waals surface area (Å²) in [5.74, 6) is -0.0899. The number of fused-ring (bicyclic) bond motifs is 1. The maximum absolute atomic E-state index is 12.5. The fourth-order valence-corrected chi connectivity index (χ4v) is 3.98. The van der Waals surface area contributed by atoms with Crippen LogP contribution in [-0.2, 0) is 6.42 Å². The van der Waals surface area contributed by atoms with Crippen LogP contribution in [-0.4, -0.2) is 39.6 Å². The van der Waals surface area contributed by atoms with E-state index in [9.17, 15) is 4.79 Å². The first-order valence-electron chi connectivity index (χ1n) is 8.98. The van der Waals surface area contributed by atoms with Gasteiger partial charge in [0.1, 0.15) is 10.4 Å². The number of rotatable bonds is 6. The monoisotopic (exact) mass is 371 g/mol. The molecule has 1 amide bonds. The van der Waals surface area contributed by atoms with Crippen LogP contribution in [0.1, 0.15) is 41.6 Å². The van der Waals surface area contributed by atoms with E-state index in [-0.39, 0.29) is 11.9 Å². The molecule has 136 valence electrons. The molecule has 0 bridgehead atoms. The van der Waals surface area contributed by atoms with Gasteiger partial charge in [-0.05, 0) is 42.9 Å². The molecule has 26 heavy (non-hydrogen) atoms. The Morgan fingerprint density at radius 3 is 3.15 bits per heavy atom. The molecule has 4 rings (SSSR count). The Labute approximate surface area is 155 Å². The van der Waals surface area contributed by atoms with Crippen molar-refractivity contribution in [1.29, 1.82) is 0 Å². The molecule has 1 aliphatic heterocycles. The number of amides is 1. The molecule has 1 N–H and O–H groups in total.